The molecule has 1 N–H and O–H groups in total. The van der Waals surface area contributed by atoms with Crippen LogP contribution in [0.5, 0.6) is 0 Å². The van der Waals surface area contributed by atoms with Gasteiger partial charge in [-0.2, -0.15) is 5.10 Å². The van der Waals surface area contributed by atoms with Crippen LogP contribution in [-0.2, 0) is 16.4 Å². The number of rotatable bonds is 5. The van der Waals surface area contributed by atoms with Crippen LogP contribution in [0, 0.1) is 6.92 Å². The highest BCUT2D eigenvalue weighted by atomic mass is 32.2. The van der Waals surface area contributed by atoms with Crippen LogP contribution >= 0.6 is 0 Å². The van der Waals surface area contributed by atoms with Crippen molar-refractivity contribution in [3.05, 3.63) is 41.7 Å². The molecule has 2 heterocycles. The third-order valence-electron chi connectivity index (χ3n) is 3.61. The zero-order valence-corrected chi connectivity index (χ0v) is 15.2. The molecule has 0 radical (unpaired) electrons. The van der Waals surface area contributed by atoms with Crippen LogP contribution in [0.25, 0.3) is 11.5 Å². The van der Waals surface area contributed by atoms with Gasteiger partial charge in [-0.05, 0) is 44.2 Å². The van der Waals surface area contributed by atoms with Crippen LogP contribution in [0.3, 0.4) is 0 Å². The van der Waals surface area contributed by atoms with Gasteiger partial charge in [0, 0.05) is 18.4 Å². The lowest BCUT2D eigenvalue weighted by atomic mass is 10.2. The van der Waals surface area contributed by atoms with Crippen molar-refractivity contribution in [3.8, 4) is 11.5 Å². The normalized spacial score (nSPS) is 11.5. The van der Waals surface area contributed by atoms with E-state index in [2.05, 4.69) is 20.6 Å². The summed E-state index contributed by atoms with van der Waals surface area (Å²) >= 11 is 0. The Morgan fingerprint density at radius 3 is 2.54 bits per heavy atom. The molecule has 0 saturated carbocycles. The molecule has 0 spiro atoms. The Morgan fingerprint density at radius 2 is 1.92 bits per heavy atom. The largest absolute Gasteiger partial charge is 0.403 e. The van der Waals surface area contributed by atoms with E-state index in [1.54, 1.807) is 29.8 Å². The van der Waals surface area contributed by atoms with Gasteiger partial charge in [0.15, 0.2) is 9.84 Å². The van der Waals surface area contributed by atoms with E-state index in [4.69, 9.17) is 4.42 Å². The Bertz CT molecular complexity index is 1050. The van der Waals surface area contributed by atoms with E-state index in [0.717, 1.165) is 11.9 Å². The maximum Gasteiger partial charge on any atom is 0.322 e. The number of anilines is 1. The standard InChI is InChI=1S/C16H17N5O4S/c1-4-21-13(9-10(2)20-21)14(22)17-16-19-18-15(25-16)11-5-7-12(8-6-11)26(3,23)24/h5-9H,4H2,1-3H3,(H,17,19,22). The van der Waals surface area contributed by atoms with Crippen molar-refractivity contribution in [1.29, 1.82) is 0 Å². The second kappa shape index (κ2) is 6.71. The molecule has 3 rings (SSSR count). The molecule has 10 heteroatoms. The lowest BCUT2D eigenvalue weighted by molar-refractivity contribution is 0.101. The molecule has 1 aromatic carbocycles. The van der Waals surface area contributed by atoms with Crippen molar-refractivity contribution in [3.63, 3.8) is 0 Å². The zero-order chi connectivity index (χ0) is 18.9. The predicted molar refractivity (Wildman–Crippen MR) is 93.4 cm³/mol. The molecule has 0 bridgehead atoms. The fourth-order valence-corrected chi connectivity index (χ4v) is 3.00. The molecule has 1 amide bonds. The van der Waals surface area contributed by atoms with Crippen molar-refractivity contribution in [2.75, 3.05) is 11.6 Å². The molecule has 0 fully saturated rings. The smallest absolute Gasteiger partial charge is 0.322 e. The first-order chi connectivity index (χ1) is 12.3. The summed E-state index contributed by atoms with van der Waals surface area (Å²) in [6, 6.07) is 7.64. The fraction of sp³-hybridized carbons (Fsp3) is 0.250. The van der Waals surface area contributed by atoms with E-state index < -0.39 is 15.7 Å². The van der Waals surface area contributed by atoms with Gasteiger partial charge < -0.3 is 4.42 Å². The number of amides is 1. The summed E-state index contributed by atoms with van der Waals surface area (Å²) in [5.74, 6) is -0.240. The van der Waals surface area contributed by atoms with Gasteiger partial charge in [0.05, 0.1) is 10.6 Å². The van der Waals surface area contributed by atoms with Gasteiger partial charge >= 0.3 is 6.01 Å². The number of aryl methyl sites for hydroxylation is 2. The number of carbonyl (C=O) groups excluding carboxylic acids is 1. The molecule has 0 saturated heterocycles. The van der Waals surface area contributed by atoms with Crippen LogP contribution < -0.4 is 5.32 Å². The number of nitrogens with one attached hydrogen (secondary N) is 1. The van der Waals surface area contributed by atoms with Crippen molar-refractivity contribution < 1.29 is 17.6 Å². The Labute approximate surface area is 150 Å². The molecule has 0 aliphatic carbocycles. The van der Waals surface area contributed by atoms with Crippen molar-refractivity contribution in [2.45, 2.75) is 25.3 Å². The number of carbonyl (C=O) groups is 1. The molecule has 9 nitrogen and oxygen atoms in total. The van der Waals surface area contributed by atoms with Gasteiger partial charge in [0.25, 0.3) is 5.91 Å². The summed E-state index contributed by atoms with van der Waals surface area (Å²) in [5.41, 5.74) is 1.66. The third-order valence-corrected chi connectivity index (χ3v) is 4.74. The lowest BCUT2D eigenvalue weighted by Crippen LogP contribution is -2.17. The van der Waals surface area contributed by atoms with Gasteiger partial charge in [-0.15, -0.1) is 5.10 Å². The maximum atomic E-state index is 12.3. The first-order valence-corrected chi connectivity index (χ1v) is 9.67. The minimum Gasteiger partial charge on any atom is -0.403 e. The molecule has 2 aromatic heterocycles. The van der Waals surface area contributed by atoms with E-state index in [-0.39, 0.29) is 16.8 Å². The monoisotopic (exact) mass is 375 g/mol. The Hall–Kier alpha value is -3.01. The topological polar surface area (TPSA) is 120 Å². The average molecular weight is 375 g/mol. The lowest BCUT2D eigenvalue weighted by Gasteiger charge is -2.03. The summed E-state index contributed by atoms with van der Waals surface area (Å²) in [4.78, 5) is 12.5. The molecule has 3 aromatic rings. The Kier molecular flexibility index (Phi) is 4.60. The SMILES string of the molecule is CCn1nc(C)cc1C(=O)Nc1nnc(-c2ccc(S(C)(=O)=O)cc2)o1. The van der Waals surface area contributed by atoms with E-state index in [1.165, 1.54) is 12.1 Å². The predicted octanol–water partition coefficient (Wildman–Crippen LogP) is 1.92. The molecular formula is C16H17N5O4S. The van der Waals surface area contributed by atoms with Gasteiger partial charge in [0.1, 0.15) is 5.69 Å². The summed E-state index contributed by atoms with van der Waals surface area (Å²) in [7, 11) is -3.28. The molecule has 0 aliphatic heterocycles. The first kappa shape index (κ1) is 17.8. The van der Waals surface area contributed by atoms with Crippen LogP contribution in [0.1, 0.15) is 23.1 Å². The zero-order valence-electron chi connectivity index (χ0n) is 14.4. The molecule has 0 unspecified atom stereocenters. The maximum absolute atomic E-state index is 12.3. The quantitative estimate of drug-likeness (QED) is 0.723. The highest BCUT2D eigenvalue weighted by Crippen LogP contribution is 2.22. The number of sulfone groups is 1. The van der Waals surface area contributed by atoms with Crippen molar-refractivity contribution in [2.24, 2.45) is 0 Å². The number of nitrogens with zero attached hydrogens (tertiary/aromatic N) is 4. The first-order valence-electron chi connectivity index (χ1n) is 7.77. The van der Waals surface area contributed by atoms with Gasteiger partial charge in [0.2, 0.25) is 5.89 Å². The molecule has 0 atom stereocenters. The Balaban J connectivity index is 1.78. The molecule has 136 valence electrons. The van der Waals surface area contributed by atoms with E-state index in [1.807, 2.05) is 6.92 Å². The minimum atomic E-state index is -3.28. The minimum absolute atomic E-state index is 0.0568. The van der Waals surface area contributed by atoms with E-state index in [0.29, 0.717) is 17.8 Å². The van der Waals surface area contributed by atoms with Crippen molar-refractivity contribution in [1.82, 2.24) is 20.0 Å². The van der Waals surface area contributed by atoms with Crippen LogP contribution in [0.2, 0.25) is 0 Å². The number of aromatic nitrogens is 4. The van der Waals surface area contributed by atoms with Gasteiger partial charge in [-0.25, -0.2) is 8.42 Å². The molecule has 26 heavy (non-hydrogen) atoms. The second-order valence-corrected chi connectivity index (χ2v) is 7.67. The second-order valence-electron chi connectivity index (χ2n) is 5.65. The average Bonchev–Trinajstić information content (AvgIpc) is 3.20. The number of hydrogen-bond donors (Lipinski definition) is 1. The van der Waals surface area contributed by atoms with Gasteiger partial charge in [-0.3, -0.25) is 14.8 Å². The van der Waals surface area contributed by atoms with E-state index >= 15 is 0 Å². The number of benzene rings is 1. The Morgan fingerprint density at radius 1 is 1.23 bits per heavy atom. The third kappa shape index (κ3) is 3.64. The highest BCUT2D eigenvalue weighted by Gasteiger charge is 2.17. The highest BCUT2D eigenvalue weighted by molar-refractivity contribution is 7.90. The summed E-state index contributed by atoms with van der Waals surface area (Å²) in [5, 5.41) is 14.4. The van der Waals surface area contributed by atoms with E-state index in [9.17, 15) is 13.2 Å². The summed E-state index contributed by atoms with van der Waals surface area (Å²) in [6.07, 6.45) is 1.13. The van der Waals surface area contributed by atoms with Gasteiger partial charge in [-0.1, -0.05) is 5.10 Å². The fourth-order valence-electron chi connectivity index (χ4n) is 2.37. The summed E-state index contributed by atoms with van der Waals surface area (Å²) < 4.78 is 30.0. The van der Waals surface area contributed by atoms with Crippen LogP contribution in [0.4, 0.5) is 6.01 Å². The van der Waals surface area contributed by atoms with Crippen LogP contribution in [-0.4, -0.2) is 40.6 Å². The summed E-state index contributed by atoms with van der Waals surface area (Å²) in [6.45, 7) is 4.24. The van der Waals surface area contributed by atoms with Crippen LogP contribution in [0.15, 0.2) is 39.6 Å². The molecular weight excluding hydrogens is 358 g/mol. The number of hydrogen-bond acceptors (Lipinski definition) is 7. The van der Waals surface area contributed by atoms with Crippen molar-refractivity contribution >= 4 is 21.8 Å². The molecule has 0 aliphatic rings.